The lowest BCUT2D eigenvalue weighted by Crippen LogP contribution is -2.23. The Labute approximate surface area is 130 Å². The third kappa shape index (κ3) is 4.35. The molecule has 0 saturated heterocycles. The Bertz CT molecular complexity index is 628. The maximum atomic E-state index is 12.2. The largest absolute Gasteiger partial charge is 0.493 e. The first-order valence-electron chi connectivity index (χ1n) is 7.39. The number of hydrogen-bond acceptors (Lipinski definition) is 4. The van der Waals surface area contributed by atoms with E-state index in [2.05, 4.69) is 24.1 Å². The predicted molar refractivity (Wildman–Crippen MR) is 83.9 cm³/mol. The molecule has 1 heterocycles. The van der Waals surface area contributed by atoms with Gasteiger partial charge in [-0.2, -0.15) is 0 Å². The zero-order valence-corrected chi connectivity index (χ0v) is 13.5. The number of carbonyl (C=O) groups excluding carboxylic acids is 1. The van der Waals surface area contributed by atoms with E-state index in [9.17, 15) is 4.79 Å². The molecule has 1 N–H and O–H groups in total. The molecule has 1 aromatic carbocycles. The molecule has 2 rings (SSSR count). The van der Waals surface area contributed by atoms with Crippen LogP contribution in [0, 0.1) is 19.8 Å². The summed E-state index contributed by atoms with van der Waals surface area (Å²) in [6.07, 6.45) is 0. The molecule has 5 heteroatoms. The van der Waals surface area contributed by atoms with Gasteiger partial charge in [0.1, 0.15) is 11.5 Å². The molecular formula is C17H22N2O3. The Hall–Kier alpha value is -2.30. The molecule has 22 heavy (non-hydrogen) atoms. The fraction of sp³-hybridized carbons (Fsp3) is 0.412. The van der Waals surface area contributed by atoms with Gasteiger partial charge in [-0.15, -0.1) is 0 Å². The van der Waals surface area contributed by atoms with Crippen LogP contribution < -0.4 is 10.1 Å². The number of amides is 1. The van der Waals surface area contributed by atoms with Gasteiger partial charge >= 0.3 is 0 Å². The van der Waals surface area contributed by atoms with Crippen LogP contribution in [0.5, 0.6) is 5.75 Å². The second kappa shape index (κ2) is 7.11. The van der Waals surface area contributed by atoms with Gasteiger partial charge in [0, 0.05) is 5.56 Å². The number of aromatic nitrogens is 1. The van der Waals surface area contributed by atoms with Gasteiger partial charge in [-0.3, -0.25) is 4.79 Å². The second-order valence-electron chi connectivity index (χ2n) is 5.66. The highest BCUT2D eigenvalue weighted by molar-refractivity contribution is 5.94. The molecule has 0 bridgehead atoms. The van der Waals surface area contributed by atoms with Gasteiger partial charge in [-0.05, 0) is 38.0 Å². The van der Waals surface area contributed by atoms with Crippen LogP contribution in [0.15, 0.2) is 28.7 Å². The number of rotatable bonds is 6. The third-order valence-electron chi connectivity index (χ3n) is 3.15. The first kappa shape index (κ1) is 16.1. The molecule has 0 saturated carbocycles. The van der Waals surface area contributed by atoms with E-state index in [0.717, 1.165) is 11.5 Å². The van der Waals surface area contributed by atoms with Crippen molar-refractivity contribution >= 4 is 5.91 Å². The molecule has 1 amide bonds. The van der Waals surface area contributed by atoms with Gasteiger partial charge in [-0.1, -0.05) is 19.9 Å². The number of hydrogen-bond donors (Lipinski definition) is 1. The molecule has 0 radical (unpaired) electrons. The number of nitrogens with zero attached hydrogens (tertiary/aromatic N) is 1. The molecule has 0 unspecified atom stereocenters. The molecule has 118 valence electrons. The van der Waals surface area contributed by atoms with Gasteiger partial charge in [0.15, 0.2) is 0 Å². The van der Waals surface area contributed by atoms with E-state index in [1.807, 2.05) is 26.0 Å². The van der Waals surface area contributed by atoms with Gasteiger partial charge in [0.25, 0.3) is 5.91 Å². The Kier molecular flexibility index (Phi) is 5.20. The minimum absolute atomic E-state index is 0.177. The molecule has 1 aromatic heterocycles. The van der Waals surface area contributed by atoms with Crippen molar-refractivity contribution in [3.05, 3.63) is 47.2 Å². The van der Waals surface area contributed by atoms with E-state index in [0.29, 0.717) is 29.7 Å². The Balaban J connectivity index is 1.95. The van der Waals surface area contributed by atoms with E-state index in [4.69, 9.17) is 9.15 Å². The highest BCUT2D eigenvalue weighted by atomic mass is 16.5. The van der Waals surface area contributed by atoms with E-state index < -0.39 is 0 Å². The molecule has 5 nitrogen and oxygen atoms in total. The summed E-state index contributed by atoms with van der Waals surface area (Å²) < 4.78 is 11.1. The number of oxazole rings is 1. The summed E-state index contributed by atoms with van der Waals surface area (Å²) >= 11 is 0. The predicted octanol–water partition coefficient (Wildman–Crippen LogP) is 3.26. The fourth-order valence-electron chi connectivity index (χ4n) is 1.86. The van der Waals surface area contributed by atoms with E-state index in [1.54, 1.807) is 12.1 Å². The zero-order valence-electron chi connectivity index (χ0n) is 13.5. The average Bonchev–Trinajstić information content (AvgIpc) is 2.81. The molecule has 0 fully saturated rings. The quantitative estimate of drug-likeness (QED) is 0.889. The van der Waals surface area contributed by atoms with Crippen molar-refractivity contribution in [3.63, 3.8) is 0 Å². The first-order chi connectivity index (χ1) is 10.5. The molecule has 0 aliphatic carbocycles. The lowest BCUT2D eigenvalue weighted by atomic mass is 10.2. The molecule has 2 aromatic rings. The van der Waals surface area contributed by atoms with Gasteiger partial charge in [-0.25, -0.2) is 4.98 Å². The van der Waals surface area contributed by atoms with Crippen LogP contribution in [0.1, 0.15) is 41.6 Å². The van der Waals surface area contributed by atoms with Crippen molar-refractivity contribution < 1.29 is 13.9 Å². The van der Waals surface area contributed by atoms with Crippen LogP contribution in [-0.2, 0) is 6.54 Å². The lowest BCUT2D eigenvalue weighted by Gasteiger charge is -2.10. The van der Waals surface area contributed by atoms with Crippen LogP contribution >= 0.6 is 0 Å². The summed E-state index contributed by atoms with van der Waals surface area (Å²) in [5.74, 6) is 2.24. The summed E-state index contributed by atoms with van der Waals surface area (Å²) in [6, 6.07) is 7.15. The maximum absolute atomic E-state index is 12.2. The minimum Gasteiger partial charge on any atom is -0.493 e. The summed E-state index contributed by atoms with van der Waals surface area (Å²) in [7, 11) is 0. The van der Waals surface area contributed by atoms with Crippen LogP contribution in [0.25, 0.3) is 0 Å². The Morgan fingerprint density at radius 1 is 1.36 bits per heavy atom. The van der Waals surface area contributed by atoms with Crippen LogP contribution in [0.3, 0.4) is 0 Å². The Morgan fingerprint density at radius 2 is 2.14 bits per heavy atom. The summed E-state index contributed by atoms with van der Waals surface area (Å²) in [5, 5.41) is 2.80. The zero-order chi connectivity index (χ0) is 16.1. The molecule has 0 atom stereocenters. The van der Waals surface area contributed by atoms with Gasteiger partial charge < -0.3 is 14.5 Å². The second-order valence-corrected chi connectivity index (χ2v) is 5.66. The molecule has 0 aliphatic rings. The van der Waals surface area contributed by atoms with Crippen LogP contribution in [0.2, 0.25) is 0 Å². The summed E-state index contributed by atoms with van der Waals surface area (Å²) in [6.45, 7) is 8.78. The number of nitrogens with one attached hydrogen (secondary N) is 1. The summed E-state index contributed by atoms with van der Waals surface area (Å²) in [5.41, 5.74) is 1.40. The van der Waals surface area contributed by atoms with Crippen molar-refractivity contribution in [1.29, 1.82) is 0 Å². The monoisotopic (exact) mass is 302 g/mol. The van der Waals surface area contributed by atoms with Crippen molar-refractivity contribution in [3.8, 4) is 5.75 Å². The van der Waals surface area contributed by atoms with Gasteiger partial charge in [0.2, 0.25) is 5.89 Å². The fourth-order valence-corrected chi connectivity index (χ4v) is 1.86. The average molecular weight is 302 g/mol. The maximum Gasteiger partial charge on any atom is 0.251 e. The van der Waals surface area contributed by atoms with Crippen LogP contribution in [-0.4, -0.2) is 17.5 Å². The van der Waals surface area contributed by atoms with Crippen molar-refractivity contribution in [1.82, 2.24) is 10.3 Å². The molecule has 0 spiro atoms. The Morgan fingerprint density at radius 3 is 2.77 bits per heavy atom. The highest BCUT2D eigenvalue weighted by Crippen LogP contribution is 2.15. The third-order valence-corrected chi connectivity index (χ3v) is 3.15. The standard InChI is InChI=1S/C17H22N2O3/c1-11(2)10-21-15-7-5-6-14(8-15)17(20)18-9-16-19-12(3)13(4)22-16/h5-8,11H,9-10H2,1-4H3,(H,18,20). The number of carbonyl (C=O) groups is 1. The smallest absolute Gasteiger partial charge is 0.251 e. The normalized spacial score (nSPS) is 10.8. The number of aryl methyl sites for hydroxylation is 2. The number of ether oxygens (including phenoxy) is 1. The van der Waals surface area contributed by atoms with Crippen molar-refractivity contribution in [2.45, 2.75) is 34.2 Å². The van der Waals surface area contributed by atoms with E-state index >= 15 is 0 Å². The topological polar surface area (TPSA) is 64.4 Å². The molecular weight excluding hydrogens is 280 g/mol. The number of benzene rings is 1. The van der Waals surface area contributed by atoms with Crippen LogP contribution in [0.4, 0.5) is 0 Å². The SMILES string of the molecule is Cc1nc(CNC(=O)c2cccc(OCC(C)C)c2)oc1C. The van der Waals surface area contributed by atoms with E-state index in [-0.39, 0.29) is 12.5 Å². The van der Waals surface area contributed by atoms with Crippen molar-refractivity contribution in [2.24, 2.45) is 5.92 Å². The van der Waals surface area contributed by atoms with Crippen molar-refractivity contribution in [2.75, 3.05) is 6.61 Å². The molecule has 0 aliphatic heterocycles. The summed E-state index contributed by atoms with van der Waals surface area (Å²) in [4.78, 5) is 16.4. The van der Waals surface area contributed by atoms with E-state index in [1.165, 1.54) is 0 Å². The van der Waals surface area contributed by atoms with Gasteiger partial charge in [0.05, 0.1) is 18.8 Å². The lowest BCUT2D eigenvalue weighted by molar-refractivity contribution is 0.0946. The first-order valence-corrected chi connectivity index (χ1v) is 7.39. The highest BCUT2D eigenvalue weighted by Gasteiger charge is 2.10. The minimum atomic E-state index is -0.177.